The van der Waals surface area contributed by atoms with Crippen molar-refractivity contribution in [2.24, 2.45) is 5.92 Å². The Kier molecular flexibility index (Phi) is 5.46. The summed E-state index contributed by atoms with van der Waals surface area (Å²) in [4.78, 5) is 0. The van der Waals surface area contributed by atoms with Crippen LogP contribution >= 0.6 is 0 Å². The molecule has 0 aliphatic carbocycles. The van der Waals surface area contributed by atoms with Gasteiger partial charge in [0.2, 0.25) is 0 Å². The highest BCUT2D eigenvalue weighted by molar-refractivity contribution is 4.95. The molecule has 4 nitrogen and oxygen atoms in total. The molecule has 2 heterocycles. The van der Waals surface area contributed by atoms with E-state index < -0.39 is 11.7 Å². The van der Waals surface area contributed by atoms with Crippen LogP contribution < -0.4 is 0 Å². The van der Waals surface area contributed by atoms with E-state index >= 15 is 0 Å². The topological polar surface area (TPSA) is 47.9 Å². The second kappa shape index (κ2) is 6.73. The first-order valence-electron chi connectivity index (χ1n) is 8.09. The van der Waals surface area contributed by atoms with Gasteiger partial charge in [-0.3, -0.25) is 0 Å². The Bertz CT molecular complexity index is 295. The Hall–Kier alpha value is -0.160. The first-order chi connectivity index (χ1) is 9.55. The van der Waals surface area contributed by atoms with E-state index in [0.29, 0.717) is 6.61 Å². The summed E-state index contributed by atoms with van der Waals surface area (Å²) in [6.45, 7) is 9.05. The van der Waals surface area contributed by atoms with Gasteiger partial charge in [-0.2, -0.15) is 0 Å². The van der Waals surface area contributed by atoms with Gasteiger partial charge in [-0.25, -0.2) is 0 Å². The minimum absolute atomic E-state index is 0.0665. The third-order valence-electron chi connectivity index (χ3n) is 5.18. The van der Waals surface area contributed by atoms with Gasteiger partial charge in [0, 0.05) is 26.4 Å². The molecule has 3 unspecified atom stereocenters. The monoisotopic (exact) mass is 286 g/mol. The van der Waals surface area contributed by atoms with Crippen LogP contribution in [0.4, 0.5) is 0 Å². The number of aliphatic hydroxyl groups is 1. The summed E-state index contributed by atoms with van der Waals surface area (Å²) in [6, 6.07) is 0. The minimum Gasteiger partial charge on any atom is -0.390 e. The second-order valence-corrected chi connectivity index (χ2v) is 6.44. The second-order valence-electron chi connectivity index (χ2n) is 6.44. The van der Waals surface area contributed by atoms with Crippen LogP contribution in [0, 0.1) is 5.92 Å². The van der Waals surface area contributed by atoms with Crippen molar-refractivity contribution < 1.29 is 19.3 Å². The smallest absolute Gasteiger partial charge is 0.0912 e. The van der Waals surface area contributed by atoms with Gasteiger partial charge in [-0.15, -0.1) is 0 Å². The maximum atomic E-state index is 10.8. The van der Waals surface area contributed by atoms with Crippen molar-refractivity contribution in [3.63, 3.8) is 0 Å². The molecule has 0 aromatic heterocycles. The molecule has 1 spiro atoms. The summed E-state index contributed by atoms with van der Waals surface area (Å²) in [5.41, 5.74) is -0.508. The molecule has 2 aliphatic rings. The molecule has 20 heavy (non-hydrogen) atoms. The van der Waals surface area contributed by atoms with Crippen LogP contribution in [0.2, 0.25) is 0 Å². The summed E-state index contributed by atoms with van der Waals surface area (Å²) in [5, 5.41) is 10.8. The molecule has 0 aromatic carbocycles. The van der Waals surface area contributed by atoms with Crippen LogP contribution in [-0.2, 0) is 14.2 Å². The molecule has 118 valence electrons. The maximum absolute atomic E-state index is 10.8. The van der Waals surface area contributed by atoms with Crippen LogP contribution in [0.15, 0.2) is 0 Å². The van der Waals surface area contributed by atoms with Crippen molar-refractivity contribution in [1.82, 2.24) is 0 Å². The standard InChI is InChI=1S/C16H30O4/c1-4-15(3,19-5-2)14(17)13-6-9-20-16(12-13)7-10-18-11-8-16/h13-14,17H,4-12H2,1-3H3. The minimum atomic E-state index is -0.441. The van der Waals surface area contributed by atoms with E-state index in [1.54, 1.807) is 0 Å². The molecule has 1 N–H and O–H groups in total. The summed E-state index contributed by atoms with van der Waals surface area (Å²) in [5.74, 6) is 0.262. The largest absolute Gasteiger partial charge is 0.390 e. The SMILES string of the molecule is CCOC(C)(CC)C(O)C1CCOC2(CCOCC2)C1. The molecule has 0 bridgehead atoms. The lowest BCUT2D eigenvalue weighted by Gasteiger charge is -2.47. The van der Waals surface area contributed by atoms with Gasteiger partial charge < -0.3 is 19.3 Å². The van der Waals surface area contributed by atoms with Gasteiger partial charge in [-0.1, -0.05) is 6.92 Å². The molecule has 2 saturated heterocycles. The molecule has 0 radical (unpaired) electrons. The quantitative estimate of drug-likeness (QED) is 0.843. The molecule has 0 aromatic rings. The van der Waals surface area contributed by atoms with Gasteiger partial charge in [0.1, 0.15) is 0 Å². The van der Waals surface area contributed by atoms with E-state index in [9.17, 15) is 5.11 Å². The molecule has 3 atom stereocenters. The number of ether oxygens (including phenoxy) is 3. The number of hydrogen-bond acceptors (Lipinski definition) is 4. The molecule has 0 amide bonds. The predicted octanol–water partition coefficient (Wildman–Crippen LogP) is 2.53. The van der Waals surface area contributed by atoms with Crippen molar-refractivity contribution >= 4 is 0 Å². The molecule has 0 saturated carbocycles. The van der Waals surface area contributed by atoms with Crippen molar-refractivity contribution in [3.05, 3.63) is 0 Å². The Balaban J connectivity index is 2.03. The van der Waals surface area contributed by atoms with E-state index in [1.165, 1.54) is 0 Å². The predicted molar refractivity (Wildman–Crippen MR) is 77.8 cm³/mol. The van der Waals surface area contributed by atoms with Gasteiger partial charge in [0.15, 0.2) is 0 Å². The maximum Gasteiger partial charge on any atom is 0.0912 e. The van der Waals surface area contributed by atoms with Gasteiger partial charge >= 0.3 is 0 Å². The summed E-state index contributed by atoms with van der Waals surface area (Å²) < 4.78 is 17.4. The Morgan fingerprint density at radius 3 is 2.60 bits per heavy atom. The van der Waals surface area contributed by atoms with Crippen LogP contribution in [0.25, 0.3) is 0 Å². The summed E-state index contributed by atoms with van der Waals surface area (Å²) in [6.07, 6.45) is 4.17. The van der Waals surface area contributed by atoms with Crippen molar-refractivity contribution in [3.8, 4) is 0 Å². The molecule has 2 rings (SSSR count). The highest BCUT2D eigenvalue weighted by Crippen LogP contribution is 2.41. The lowest BCUT2D eigenvalue weighted by atomic mass is 9.74. The zero-order valence-corrected chi connectivity index (χ0v) is 13.2. The first kappa shape index (κ1) is 16.2. The Morgan fingerprint density at radius 1 is 1.30 bits per heavy atom. The zero-order chi connectivity index (χ0) is 14.6. The fourth-order valence-electron chi connectivity index (χ4n) is 3.65. The normalized spacial score (nSPS) is 30.9. The fraction of sp³-hybridized carbons (Fsp3) is 1.00. The van der Waals surface area contributed by atoms with E-state index in [-0.39, 0.29) is 11.5 Å². The average Bonchev–Trinajstić information content (AvgIpc) is 2.47. The third kappa shape index (κ3) is 3.35. The average molecular weight is 286 g/mol. The Morgan fingerprint density at radius 2 is 2.00 bits per heavy atom. The molecule has 2 fully saturated rings. The van der Waals surface area contributed by atoms with Crippen molar-refractivity contribution in [2.45, 2.75) is 70.2 Å². The Labute approximate surface area is 122 Å². The zero-order valence-electron chi connectivity index (χ0n) is 13.2. The summed E-state index contributed by atoms with van der Waals surface area (Å²) in [7, 11) is 0. The summed E-state index contributed by atoms with van der Waals surface area (Å²) >= 11 is 0. The highest BCUT2D eigenvalue weighted by Gasteiger charge is 2.45. The molecule has 2 aliphatic heterocycles. The van der Waals surface area contributed by atoms with E-state index in [0.717, 1.165) is 51.9 Å². The number of hydrogen-bond donors (Lipinski definition) is 1. The fourth-order valence-corrected chi connectivity index (χ4v) is 3.65. The van der Waals surface area contributed by atoms with Crippen LogP contribution in [-0.4, -0.2) is 48.8 Å². The van der Waals surface area contributed by atoms with Crippen molar-refractivity contribution in [1.29, 1.82) is 0 Å². The number of aliphatic hydroxyl groups excluding tert-OH is 1. The first-order valence-corrected chi connectivity index (χ1v) is 8.09. The molecular formula is C16H30O4. The molecular weight excluding hydrogens is 256 g/mol. The third-order valence-corrected chi connectivity index (χ3v) is 5.18. The number of rotatable bonds is 5. The lowest BCUT2D eigenvalue weighted by molar-refractivity contribution is -0.188. The van der Waals surface area contributed by atoms with E-state index in [4.69, 9.17) is 14.2 Å². The van der Waals surface area contributed by atoms with Crippen LogP contribution in [0.1, 0.15) is 52.9 Å². The highest BCUT2D eigenvalue weighted by atomic mass is 16.5. The molecule has 4 heteroatoms. The van der Waals surface area contributed by atoms with Gasteiger partial charge in [0.25, 0.3) is 0 Å². The van der Waals surface area contributed by atoms with E-state index in [2.05, 4.69) is 6.92 Å². The van der Waals surface area contributed by atoms with E-state index in [1.807, 2.05) is 13.8 Å². The van der Waals surface area contributed by atoms with Gasteiger partial charge in [-0.05, 0) is 51.9 Å². The lowest BCUT2D eigenvalue weighted by Crippen LogP contribution is -2.52. The van der Waals surface area contributed by atoms with Crippen LogP contribution in [0.3, 0.4) is 0 Å². The van der Waals surface area contributed by atoms with Gasteiger partial charge in [0.05, 0.1) is 17.3 Å². The van der Waals surface area contributed by atoms with Crippen LogP contribution in [0.5, 0.6) is 0 Å². The van der Waals surface area contributed by atoms with Crippen molar-refractivity contribution in [2.75, 3.05) is 26.4 Å².